The second-order valence-electron chi connectivity index (χ2n) is 4.04. The van der Waals surface area contributed by atoms with Crippen LogP contribution < -0.4 is 11.5 Å². The Morgan fingerprint density at radius 1 is 1.12 bits per heavy atom. The van der Waals surface area contributed by atoms with Gasteiger partial charge in [0.2, 0.25) is 0 Å². The molecule has 0 atom stereocenters. The number of oxazole rings is 1. The molecule has 0 saturated carbocycles. The van der Waals surface area contributed by atoms with Crippen LogP contribution in [0.4, 0.5) is 11.7 Å². The summed E-state index contributed by atoms with van der Waals surface area (Å²) in [4.78, 5) is 4.20. The van der Waals surface area contributed by atoms with Crippen molar-refractivity contribution in [2.45, 2.75) is 19.8 Å². The maximum atomic E-state index is 5.64. The molecule has 16 heavy (non-hydrogen) atoms. The number of nitrogen functional groups attached to an aromatic ring is 2. The van der Waals surface area contributed by atoms with E-state index in [1.807, 2.05) is 38.1 Å². The van der Waals surface area contributed by atoms with Crippen molar-refractivity contribution in [1.29, 1.82) is 0 Å². The summed E-state index contributed by atoms with van der Waals surface area (Å²) in [6.45, 7) is 4.08. The third kappa shape index (κ3) is 1.86. The van der Waals surface area contributed by atoms with E-state index in [-0.39, 0.29) is 11.9 Å². The molecule has 0 amide bonds. The largest absolute Gasteiger partial charge is 0.428 e. The summed E-state index contributed by atoms with van der Waals surface area (Å²) in [5, 5.41) is 0. The lowest BCUT2D eigenvalue weighted by Crippen LogP contribution is -1.90. The van der Waals surface area contributed by atoms with E-state index in [2.05, 4.69) is 4.98 Å². The molecule has 84 valence electrons. The van der Waals surface area contributed by atoms with Crippen molar-refractivity contribution >= 4 is 11.7 Å². The Morgan fingerprint density at radius 3 is 2.31 bits per heavy atom. The van der Waals surface area contributed by atoms with Crippen LogP contribution in [0.25, 0.3) is 11.3 Å². The van der Waals surface area contributed by atoms with Gasteiger partial charge in [0.15, 0.2) is 0 Å². The quantitative estimate of drug-likeness (QED) is 0.758. The lowest BCUT2D eigenvalue weighted by atomic mass is 10.0. The minimum Gasteiger partial charge on any atom is -0.428 e. The lowest BCUT2D eigenvalue weighted by Gasteiger charge is -2.03. The molecule has 4 N–H and O–H groups in total. The second-order valence-corrected chi connectivity index (χ2v) is 4.04. The van der Waals surface area contributed by atoms with E-state index < -0.39 is 0 Å². The first-order valence-electron chi connectivity index (χ1n) is 5.20. The molecular weight excluding hydrogens is 202 g/mol. The van der Waals surface area contributed by atoms with Crippen molar-refractivity contribution in [3.63, 3.8) is 0 Å². The van der Waals surface area contributed by atoms with Crippen molar-refractivity contribution < 1.29 is 4.42 Å². The molecule has 0 fully saturated rings. The summed E-state index contributed by atoms with van der Waals surface area (Å²) in [5.74, 6) is 1.06. The predicted octanol–water partition coefficient (Wildman–Crippen LogP) is 2.63. The number of hydrogen-bond acceptors (Lipinski definition) is 4. The molecule has 0 spiro atoms. The fraction of sp³-hybridized carbons (Fsp3) is 0.250. The Bertz CT molecular complexity index is 485. The van der Waals surface area contributed by atoms with Crippen molar-refractivity contribution in [2.75, 3.05) is 11.5 Å². The fourth-order valence-electron chi connectivity index (χ4n) is 1.59. The fourth-order valence-corrected chi connectivity index (χ4v) is 1.59. The zero-order valence-corrected chi connectivity index (χ0v) is 9.40. The monoisotopic (exact) mass is 217 g/mol. The Balaban J connectivity index is 2.50. The highest BCUT2D eigenvalue weighted by atomic mass is 16.4. The summed E-state index contributed by atoms with van der Waals surface area (Å²) in [7, 11) is 0. The Morgan fingerprint density at radius 2 is 1.75 bits per heavy atom. The minimum absolute atomic E-state index is 0.204. The number of hydrogen-bond donors (Lipinski definition) is 2. The highest BCUT2D eigenvalue weighted by Gasteiger charge is 2.16. The lowest BCUT2D eigenvalue weighted by molar-refractivity contribution is 0.500. The molecule has 4 nitrogen and oxygen atoms in total. The van der Waals surface area contributed by atoms with Gasteiger partial charge in [-0.25, -0.2) is 0 Å². The zero-order chi connectivity index (χ0) is 11.7. The van der Waals surface area contributed by atoms with E-state index in [1.165, 1.54) is 0 Å². The van der Waals surface area contributed by atoms with Crippen LogP contribution >= 0.6 is 0 Å². The molecule has 1 aromatic carbocycles. The van der Waals surface area contributed by atoms with Gasteiger partial charge in [-0.1, -0.05) is 26.0 Å². The number of aromatic nitrogens is 1. The van der Waals surface area contributed by atoms with E-state index in [0.717, 1.165) is 22.7 Å². The third-order valence-electron chi connectivity index (χ3n) is 2.38. The van der Waals surface area contributed by atoms with Gasteiger partial charge in [-0.15, -0.1) is 0 Å². The van der Waals surface area contributed by atoms with E-state index in [0.29, 0.717) is 0 Å². The summed E-state index contributed by atoms with van der Waals surface area (Å²) in [6.07, 6.45) is 0. The summed E-state index contributed by atoms with van der Waals surface area (Å²) in [5.41, 5.74) is 13.7. The van der Waals surface area contributed by atoms with Crippen molar-refractivity contribution in [2.24, 2.45) is 0 Å². The van der Waals surface area contributed by atoms with Crippen LogP contribution in [0.1, 0.15) is 25.5 Å². The first-order valence-corrected chi connectivity index (χ1v) is 5.20. The van der Waals surface area contributed by atoms with E-state index in [4.69, 9.17) is 15.9 Å². The molecular formula is C12H15N3O. The highest BCUT2D eigenvalue weighted by molar-refractivity contribution is 5.65. The Labute approximate surface area is 94.3 Å². The van der Waals surface area contributed by atoms with E-state index >= 15 is 0 Å². The summed E-state index contributed by atoms with van der Waals surface area (Å²) >= 11 is 0. The van der Waals surface area contributed by atoms with Crippen molar-refractivity contribution in [3.8, 4) is 11.3 Å². The number of rotatable bonds is 2. The normalized spacial score (nSPS) is 10.9. The van der Waals surface area contributed by atoms with Crippen molar-refractivity contribution in [3.05, 3.63) is 30.0 Å². The van der Waals surface area contributed by atoms with Gasteiger partial charge in [0.1, 0.15) is 11.5 Å². The average Bonchev–Trinajstić information content (AvgIpc) is 2.61. The van der Waals surface area contributed by atoms with Crippen LogP contribution in [0.5, 0.6) is 0 Å². The average molecular weight is 217 g/mol. The van der Waals surface area contributed by atoms with Crippen LogP contribution in [0, 0.1) is 0 Å². The molecule has 0 radical (unpaired) electrons. The highest BCUT2D eigenvalue weighted by Crippen LogP contribution is 2.30. The van der Waals surface area contributed by atoms with Gasteiger partial charge in [-0.2, -0.15) is 4.98 Å². The summed E-state index contributed by atoms with van der Waals surface area (Å²) < 4.78 is 5.40. The van der Waals surface area contributed by atoms with Gasteiger partial charge in [-0.05, 0) is 12.1 Å². The molecule has 2 aromatic rings. The molecule has 0 unspecified atom stereocenters. The first kappa shape index (κ1) is 10.5. The molecule has 1 heterocycles. The molecule has 0 aliphatic carbocycles. The number of nitrogens with zero attached hydrogens (tertiary/aromatic N) is 1. The van der Waals surface area contributed by atoms with Gasteiger partial charge in [0.25, 0.3) is 6.01 Å². The molecule has 0 aliphatic rings. The topological polar surface area (TPSA) is 78.1 Å². The van der Waals surface area contributed by atoms with Gasteiger partial charge in [-0.3, -0.25) is 0 Å². The Kier molecular flexibility index (Phi) is 2.56. The first-order chi connectivity index (χ1) is 7.58. The maximum Gasteiger partial charge on any atom is 0.292 e. The Hall–Kier alpha value is -1.97. The van der Waals surface area contributed by atoms with Gasteiger partial charge >= 0.3 is 0 Å². The second kappa shape index (κ2) is 3.89. The van der Waals surface area contributed by atoms with Crippen LogP contribution in [-0.2, 0) is 0 Å². The van der Waals surface area contributed by atoms with E-state index in [1.54, 1.807) is 0 Å². The van der Waals surface area contributed by atoms with Crippen LogP contribution in [-0.4, -0.2) is 4.98 Å². The standard InChI is InChI=1S/C12H15N3O/c1-7(2)11-10(15-12(14)16-11)8-3-5-9(13)6-4-8/h3-7H,13H2,1-2H3,(H2,14,15). The summed E-state index contributed by atoms with van der Waals surface area (Å²) in [6, 6.07) is 7.71. The van der Waals surface area contributed by atoms with E-state index in [9.17, 15) is 0 Å². The molecule has 2 rings (SSSR count). The molecule has 4 heteroatoms. The van der Waals surface area contributed by atoms with Crippen LogP contribution in [0.3, 0.4) is 0 Å². The van der Waals surface area contributed by atoms with Crippen molar-refractivity contribution in [1.82, 2.24) is 4.98 Å². The third-order valence-corrected chi connectivity index (χ3v) is 2.38. The number of benzene rings is 1. The molecule has 0 aliphatic heterocycles. The van der Waals surface area contributed by atoms with Crippen LogP contribution in [0.2, 0.25) is 0 Å². The predicted molar refractivity (Wildman–Crippen MR) is 64.9 cm³/mol. The minimum atomic E-state index is 0.204. The van der Waals surface area contributed by atoms with Crippen LogP contribution in [0.15, 0.2) is 28.7 Å². The molecule has 0 saturated heterocycles. The SMILES string of the molecule is CC(C)c1oc(N)nc1-c1ccc(N)cc1. The van der Waals surface area contributed by atoms with Gasteiger partial charge in [0, 0.05) is 17.2 Å². The number of anilines is 2. The van der Waals surface area contributed by atoms with Gasteiger partial charge in [0.05, 0.1) is 0 Å². The zero-order valence-electron chi connectivity index (χ0n) is 9.40. The number of nitrogens with two attached hydrogens (primary N) is 2. The maximum absolute atomic E-state index is 5.64. The smallest absolute Gasteiger partial charge is 0.292 e. The molecule has 1 aromatic heterocycles. The molecule has 0 bridgehead atoms. The van der Waals surface area contributed by atoms with Gasteiger partial charge < -0.3 is 15.9 Å².